The van der Waals surface area contributed by atoms with Crippen LogP contribution in [0.4, 0.5) is 10.8 Å². The van der Waals surface area contributed by atoms with Gasteiger partial charge in [-0.25, -0.2) is 4.98 Å². The Hall–Kier alpha value is -2.74. The van der Waals surface area contributed by atoms with Gasteiger partial charge in [-0.05, 0) is 37.3 Å². The van der Waals surface area contributed by atoms with Gasteiger partial charge in [-0.2, -0.15) is 4.52 Å². The Labute approximate surface area is 160 Å². The van der Waals surface area contributed by atoms with E-state index in [4.69, 9.17) is 0 Å². The number of carbonyl (C=O) groups excluding carboxylic acids is 1. The topological polar surface area (TPSA) is 79.6 Å². The van der Waals surface area contributed by atoms with E-state index in [0.29, 0.717) is 16.6 Å². The molecular formula is C19H21N5O2S. The molecule has 3 aromatic rings. The molecule has 1 aliphatic heterocycles. The van der Waals surface area contributed by atoms with Crippen LogP contribution < -0.4 is 15.8 Å². The Balaban J connectivity index is 1.65. The number of aryl methyl sites for hydroxylation is 1. The van der Waals surface area contributed by atoms with E-state index >= 15 is 0 Å². The minimum atomic E-state index is -0.475. The molecule has 0 bridgehead atoms. The lowest BCUT2D eigenvalue weighted by molar-refractivity contribution is 0.102. The van der Waals surface area contributed by atoms with Gasteiger partial charge in [0.1, 0.15) is 5.56 Å². The number of benzene rings is 1. The first-order valence-electron chi connectivity index (χ1n) is 9.04. The molecule has 8 heteroatoms. The predicted molar refractivity (Wildman–Crippen MR) is 107 cm³/mol. The number of para-hydroxylation sites is 1. The Morgan fingerprint density at radius 2 is 2.15 bits per heavy atom. The number of amides is 1. The minimum Gasteiger partial charge on any atom is -0.346 e. The van der Waals surface area contributed by atoms with Crippen LogP contribution in [0.25, 0.3) is 4.96 Å². The van der Waals surface area contributed by atoms with E-state index in [-0.39, 0.29) is 5.56 Å². The highest BCUT2D eigenvalue weighted by atomic mass is 32.1. The molecule has 0 radical (unpaired) electrons. The smallest absolute Gasteiger partial charge is 0.288 e. The molecule has 1 amide bonds. The van der Waals surface area contributed by atoms with Crippen molar-refractivity contribution in [3.05, 3.63) is 51.9 Å². The van der Waals surface area contributed by atoms with E-state index < -0.39 is 11.5 Å². The van der Waals surface area contributed by atoms with Crippen molar-refractivity contribution in [3.8, 4) is 0 Å². The Morgan fingerprint density at radius 1 is 1.33 bits per heavy atom. The first kappa shape index (κ1) is 17.7. The summed E-state index contributed by atoms with van der Waals surface area (Å²) in [6, 6.07) is 7.43. The third-order valence-electron chi connectivity index (χ3n) is 4.84. The van der Waals surface area contributed by atoms with Crippen LogP contribution in [0.1, 0.15) is 35.7 Å². The second kappa shape index (κ2) is 7.11. The largest absolute Gasteiger partial charge is 0.346 e. The number of carbonyl (C=O) groups is 1. The number of anilines is 2. The van der Waals surface area contributed by atoms with Crippen molar-refractivity contribution in [2.75, 3.05) is 23.3 Å². The number of piperidine rings is 1. The van der Waals surface area contributed by atoms with Gasteiger partial charge >= 0.3 is 0 Å². The number of nitrogens with one attached hydrogen (secondary N) is 1. The molecule has 4 rings (SSSR count). The number of fused-ring (bicyclic) bond motifs is 1. The third-order valence-corrected chi connectivity index (χ3v) is 5.82. The lowest BCUT2D eigenvalue weighted by Crippen LogP contribution is -2.34. The zero-order valence-electron chi connectivity index (χ0n) is 15.3. The number of rotatable bonds is 3. The standard InChI is InChI=1S/C19H21N5O2S/c1-12-6-5-9-23(11-12)19-22-24-17(26)14(10-20-18(24)27-19)16(25)21-15-8-4-3-7-13(15)2/h3-4,7-8,10,12H,5-6,9,11H2,1-2H3,(H,21,25). The fraction of sp³-hybridized carbons (Fsp3) is 0.368. The van der Waals surface area contributed by atoms with Crippen LogP contribution in [0.2, 0.25) is 0 Å². The monoisotopic (exact) mass is 383 g/mol. The highest BCUT2D eigenvalue weighted by Crippen LogP contribution is 2.26. The third kappa shape index (κ3) is 3.44. The summed E-state index contributed by atoms with van der Waals surface area (Å²) < 4.78 is 1.24. The van der Waals surface area contributed by atoms with E-state index in [2.05, 4.69) is 27.2 Å². The summed E-state index contributed by atoms with van der Waals surface area (Å²) >= 11 is 1.38. The average Bonchev–Trinajstić information content (AvgIpc) is 3.09. The van der Waals surface area contributed by atoms with Crippen molar-refractivity contribution in [1.29, 1.82) is 0 Å². The van der Waals surface area contributed by atoms with Crippen molar-refractivity contribution in [2.24, 2.45) is 5.92 Å². The van der Waals surface area contributed by atoms with Crippen LogP contribution in [-0.4, -0.2) is 33.6 Å². The van der Waals surface area contributed by atoms with E-state index in [1.807, 2.05) is 25.1 Å². The number of aromatic nitrogens is 3. The quantitative estimate of drug-likeness (QED) is 0.752. The van der Waals surface area contributed by atoms with Gasteiger partial charge in [-0.3, -0.25) is 9.59 Å². The Bertz CT molecular complexity index is 1060. The van der Waals surface area contributed by atoms with E-state index in [9.17, 15) is 9.59 Å². The van der Waals surface area contributed by atoms with Crippen LogP contribution in [-0.2, 0) is 0 Å². The molecule has 2 aromatic heterocycles. The summed E-state index contributed by atoms with van der Waals surface area (Å²) in [6.07, 6.45) is 3.67. The maximum Gasteiger partial charge on any atom is 0.288 e. The Morgan fingerprint density at radius 3 is 2.93 bits per heavy atom. The summed E-state index contributed by atoms with van der Waals surface area (Å²) in [6.45, 7) is 5.98. The maximum absolute atomic E-state index is 12.8. The molecule has 27 heavy (non-hydrogen) atoms. The SMILES string of the molecule is Cc1ccccc1NC(=O)c1cnc2sc(N3CCCC(C)C3)nn2c1=O. The summed E-state index contributed by atoms with van der Waals surface area (Å²) in [5.74, 6) is 0.128. The van der Waals surface area contributed by atoms with Gasteiger partial charge < -0.3 is 10.2 Å². The number of nitrogens with zero attached hydrogens (tertiary/aromatic N) is 4. The molecule has 1 N–H and O–H groups in total. The molecule has 1 saturated heterocycles. The van der Waals surface area contributed by atoms with Gasteiger partial charge in [0.15, 0.2) is 0 Å². The van der Waals surface area contributed by atoms with E-state index in [1.54, 1.807) is 6.07 Å². The van der Waals surface area contributed by atoms with Gasteiger partial charge in [-0.1, -0.05) is 36.5 Å². The molecule has 1 fully saturated rings. The molecule has 0 aliphatic carbocycles. The molecule has 7 nitrogen and oxygen atoms in total. The minimum absolute atomic E-state index is 0.0142. The van der Waals surface area contributed by atoms with Crippen LogP contribution in [0.5, 0.6) is 0 Å². The van der Waals surface area contributed by atoms with Crippen molar-refractivity contribution in [2.45, 2.75) is 26.7 Å². The van der Waals surface area contributed by atoms with Crippen LogP contribution >= 0.6 is 11.3 Å². The van der Waals surface area contributed by atoms with Gasteiger partial charge in [0.25, 0.3) is 11.5 Å². The fourth-order valence-corrected chi connectivity index (χ4v) is 4.22. The Kier molecular flexibility index (Phi) is 4.65. The molecule has 1 aliphatic rings. The first-order valence-corrected chi connectivity index (χ1v) is 9.85. The van der Waals surface area contributed by atoms with Crippen LogP contribution in [0, 0.1) is 12.8 Å². The van der Waals surface area contributed by atoms with Gasteiger partial charge in [0, 0.05) is 25.0 Å². The lowest BCUT2D eigenvalue weighted by atomic mass is 10.0. The second-order valence-corrected chi connectivity index (χ2v) is 7.95. The van der Waals surface area contributed by atoms with Crippen molar-refractivity contribution >= 4 is 33.0 Å². The van der Waals surface area contributed by atoms with Crippen molar-refractivity contribution in [3.63, 3.8) is 0 Å². The molecule has 1 unspecified atom stereocenters. The molecule has 3 heterocycles. The first-order chi connectivity index (χ1) is 13.0. The highest BCUT2D eigenvalue weighted by molar-refractivity contribution is 7.20. The van der Waals surface area contributed by atoms with Gasteiger partial charge in [0.2, 0.25) is 10.1 Å². The molecule has 0 saturated carbocycles. The van der Waals surface area contributed by atoms with Crippen molar-refractivity contribution in [1.82, 2.24) is 14.6 Å². The number of hydrogen-bond acceptors (Lipinski definition) is 6. The predicted octanol–water partition coefficient (Wildman–Crippen LogP) is 2.95. The number of hydrogen-bond donors (Lipinski definition) is 1. The molecular weight excluding hydrogens is 362 g/mol. The van der Waals surface area contributed by atoms with Gasteiger partial charge in [0.05, 0.1) is 0 Å². The zero-order chi connectivity index (χ0) is 19.0. The lowest BCUT2D eigenvalue weighted by Gasteiger charge is -2.30. The summed E-state index contributed by atoms with van der Waals surface area (Å²) in [7, 11) is 0. The molecule has 140 valence electrons. The van der Waals surface area contributed by atoms with E-state index in [0.717, 1.165) is 30.2 Å². The average molecular weight is 383 g/mol. The molecule has 0 spiro atoms. The van der Waals surface area contributed by atoms with E-state index in [1.165, 1.54) is 28.5 Å². The second-order valence-electron chi connectivity index (χ2n) is 7.02. The normalized spacial score (nSPS) is 17.3. The van der Waals surface area contributed by atoms with Crippen LogP contribution in [0.15, 0.2) is 35.3 Å². The zero-order valence-corrected chi connectivity index (χ0v) is 16.1. The summed E-state index contributed by atoms with van der Waals surface area (Å²) in [5, 5.41) is 8.01. The summed E-state index contributed by atoms with van der Waals surface area (Å²) in [5.41, 5.74) is 1.14. The maximum atomic E-state index is 12.8. The fourth-order valence-electron chi connectivity index (χ4n) is 3.33. The van der Waals surface area contributed by atoms with Crippen LogP contribution in [0.3, 0.4) is 0 Å². The van der Waals surface area contributed by atoms with Crippen molar-refractivity contribution < 1.29 is 4.79 Å². The highest BCUT2D eigenvalue weighted by Gasteiger charge is 2.22. The molecule has 1 atom stereocenters. The van der Waals surface area contributed by atoms with Gasteiger partial charge in [-0.15, -0.1) is 5.10 Å². The molecule has 1 aromatic carbocycles. The summed E-state index contributed by atoms with van der Waals surface area (Å²) in [4.78, 5) is 32.4.